The molecule has 102 valence electrons. The van der Waals surface area contributed by atoms with E-state index in [4.69, 9.17) is 5.73 Å². The Hall–Kier alpha value is -3.15. The summed E-state index contributed by atoms with van der Waals surface area (Å²) in [6.07, 6.45) is 6.84. The van der Waals surface area contributed by atoms with E-state index in [0.717, 1.165) is 16.4 Å². The third-order valence-corrected chi connectivity index (χ3v) is 3.45. The van der Waals surface area contributed by atoms with Crippen LogP contribution in [-0.2, 0) is 0 Å². The van der Waals surface area contributed by atoms with E-state index < -0.39 is 0 Å². The molecule has 3 heterocycles. The molecular weight excluding hydrogens is 266 g/mol. The molecule has 2 N–H and O–H groups in total. The van der Waals surface area contributed by atoms with Gasteiger partial charge in [-0.2, -0.15) is 9.78 Å². The topological polar surface area (TPSA) is 78.2 Å². The van der Waals surface area contributed by atoms with Crippen LogP contribution in [0, 0.1) is 0 Å². The number of nitrogen functional groups attached to an aromatic ring is 1. The van der Waals surface area contributed by atoms with Gasteiger partial charge in [-0.05, 0) is 30.3 Å². The standard InChI is InChI=1S/C15H11N5O/c16-12-1-2-14-11(5-12)7-18-20(14)15(21)10-3-4-19-9-17-8-13(19)6-10/h1-9H,16H2. The molecule has 0 amide bonds. The van der Waals surface area contributed by atoms with Crippen LogP contribution in [0.3, 0.4) is 0 Å². The molecule has 0 unspecified atom stereocenters. The van der Waals surface area contributed by atoms with Crippen LogP contribution in [-0.4, -0.2) is 25.1 Å². The number of benzene rings is 1. The monoisotopic (exact) mass is 277 g/mol. The van der Waals surface area contributed by atoms with Gasteiger partial charge in [-0.1, -0.05) is 0 Å². The Morgan fingerprint density at radius 2 is 2.05 bits per heavy atom. The van der Waals surface area contributed by atoms with E-state index in [1.807, 2.05) is 4.40 Å². The molecule has 4 rings (SSSR count). The summed E-state index contributed by atoms with van der Waals surface area (Å²) in [4.78, 5) is 16.7. The minimum Gasteiger partial charge on any atom is -0.399 e. The Kier molecular flexibility index (Phi) is 2.32. The summed E-state index contributed by atoms with van der Waals surface area (Å²) in [5.41, 5.74) is 8.55. The number of hydrogen-bond donors (Lipinski definition) is 1. The van der Waals surface area contributed by atoms with Crippen molar-refractivity contribution in [2.45, 2.75) is 0 Å². The average molecular weight is 277 g/mol. The Balaban J connectivity index is 1.85. The number of nitrogens with two attached hydrogens (primary N) is 1. The summed E-state index contributed by atoms with van der Waals surface area (Å²) in [6, 6.07) is 8.90. The number of carbonyl (C=O) groups excluding carboxylic acids is 1. The van der Waals surface area contributed by atoms with E-state index in [1.165, 1.54) is 4.68 Å². The van der Waals surface area contributed by atoms with Gasteiger partial charge in [0.05, 0.1) is 29.8 Å². The number of fused-ring (bicyclic) bond motifs is 2. The van der Waals surface area contributed by atoms with Gasteiger partial charge in [0.2, 0.25) is 0 Å². The van der Waals surface area contributed by atoms with Gasteiger partial charge in [0, 0.05) is 22.8 Å². The van der Waals surface area contributed by atoms with Crippen LogP contribution in [0.1, 0.15) is 10.4 Å². The minimum absolute atomic E-state index is 0.182. The summed E-state index contributed by atoms with van der Waals surface area (Å²) in [5.74, 6) is -0.182. The smallest absolute Gasteiger partial charge is 0.278 e. The second-order valence-electron chi connectivity index (χ2n) is 4.82. The fraction of sp³-hybridized carbons (Fsp3) is 0. The predicted octanol–water partition coefficient (Wildman–Crippen LogP) is 1.95. The fourth-order valence-electron chi connectivity index (χ4n) is 2.39. The van der Waals surface area contributed by atoms with Crippen molar-refractivity contribution in [3.8, 4) is 0 Å². The lowest BCUT2D eigenvalue weighted by Gasteiger charge is -2.03. The summed E-state index contributed by atoms with van der Waals surface area (Å²) >= 11 is 0. The van der Waals surface area contributed by atoms with E-state index >= 15 is 0 Å². The van der Waals surface area contributed by atoms with E-state index in [2.05, 4.69) is 10.1 Å². The average Bonchev–Trinajstić information content (AvgIpc) is 3.11. The summed E-state index contributed by atoms with van der Waals surface area (Å²) < 4.78 is 3.23. The first-order chi connectivity index (χ1) is 10.2. The van der Waals surface area contributed by atoms with Crippen LogP contribution in [0.15, 0.2) is 55.2 Å². The van der Waals surface area contributed by atoms with Crippen molar-refractivity contribution in [1.82, 2.24) is 19.2 Å². The molecule has 0 atom stereocenters. The van der Waals surface area contributed by atoms with Gasteiger partial charge in [0.1, 0.15) is 0 Å². The van der Waals surface area contributed by atoms with Crippen LogP contribution in [0.25, 0.3) is 16.4 Å². The predicted molar refractivity (Wildman–Crippen MR) is 79.1 cm³/mol. The van der Waals surface area contributed by atoms with Crippen molar-refractivity contribution in [3.05, 3.63) is 60.8 Å². The lowest BCUT2D eigenvalue weighted by molar-refractivity contribution is 0.0950. The van der Waals surface area contributed by atoms with Crippen LogP contribution in [0.4, 0.5) is 5.69 Å². The number of aromatic nitrogens is 4. The zero-order valence-corrected chi connectivity index (χ0v) is 11.0. The molecule has 0 saturated heterocycles. The molecule has 4 aromatic rings. The van der Waals surface area contributed by atoms with Gasteiger partial charge in [-0.25, -0.2) is 4.98 Å². The van der Waals surface area contributed by atoms with Crippen LogP contribution in [0.5, 0.6) is 0 Å². The highest BCUT2D eigenvalue weighted by Crippen LogP contribution is 2.18. The largest absolute Gasteiger partial charge is 0.399 e. The molecule has 0 saturated carbocycles. The van der Waals surface area contributed by atoms with E-state index in [9.17, 15) is 4.79 Å². The molecule has 6 nitrogen and oxygen atoms in total. The van der Waals surface area contributed by atoms with Crippen molar-refractivity contribution in [3.63, 3.8) is 0 Å². The van der Waals surface area contributed by atoms with Gasteiger partial charge >= 0.3 is 0 Å². The Labute approximate surface area is 119 Å². The zero-order chi connectivity index (χ0) is 14.4. The summed E-state index contributed by atoms with van der Waals surface area (Å²) in [5, 5.41) is 5.01. The lowest BCUT2D eigenvalue weighted by Crippen LogP contribution is -2.13. The van der Waals surface area contributed by atoms with Crippen molar-refractivity contribution < 1.29 is 4.79 Å². The van der Waals surface area contributed by atoms with Gasteiger partial charge in [-0.15, -0.1) is 0 Å². The van der Waals surface area contributed by atoms with Crippen molar-refractivity contribution >= 4 is 28.0 Å². The number of nitrogens with zero attached hydrogens (tertiary/aromatic N) is 4. The highest BCUT2D eigenvalue weighted by atomic mass is 16.2. The van der Waals surface area contributed by atoms with E-state index in [1.54, 1.807) is 55.2 Å². The Bertz CT molecular complexity index is 982. The first kappa shape index (κ1) is 11.7. The third kappa shape index (κ3) is 1.77. The Morgan fingerprint density at radius 3 is 2.95 bits per heavy atom. The van der Waals surface area contributed by atoms with Gasteiger partial charge < -0.3 is 10.1 Å². The molecule has 6 heteroatoms. The molecule has 3 aromatic heterocycles. The number of pyridine rings is 1. The molecule has 0 aliphatic carbocycles. The molecule has 0 fully saturated rings. The van der Waals surface area contributed by atoms with Crippen LogP contribution in [0.2, 0.25) is 0 Å². The number of anilines is 1. The molecule has 1 aromatic carbocycles. The molecule has 0 aliphatic heterocycles. The molecule has 0 radical (unpaired) electrons. The maximum absolute atomic E-state index is 12.6. The van der Waals surface area contributed by atoms with E-state index in [0.29, 0.717) is 11.3 Å². The van der Waals surface area contributed by atoms with Gasteiger partial charge in [0.25, 0.3) is 5.91 Å². The van der Waals surface area contributed by atoms with Crippen molar-refractivity contribution in [1.29, 1.82) is 0 Å². The highest BCUT2D eigenvalue weighted by molar-refractivity contribution is 6.01. The summed E-state index contributed by atoms with van der Waals surface area (Å²) in [7, 11) is 0. The van der Waals surface area contributed by atoms with E-state index in [-0.39, 0.29) is 5.91 Å². The normalized spacial score (nSPS) is 11.2. The number of hydrogen-bond acceptors (Lipinski definition) is 4. The second-order valence-corrected chi connectivity index (χ2v) is 4.82. The minimum atomic E-state index is -0.182. The van der Waals surface area contributed by atoms with Gasteiger partial charge in [-0.3, -0.25) is 4.79 Å². The molecule has 0 bridgehead atoms. The molecular formula is C15H11N5O. The molecule has 0 aliphatic rings. The maximum Gasteiger partial charge on any atom is 0.278 e. The molecule has 0 spiro atoms. The SMILES string of the molecule is Nc1ccc2c(cnn2C(=O)c2ccn3cncc3c2)c1. The lowest BCUT2D eigenvalue weighted by atomic mass is 10.2. The van der Waals surface area contributed by atoms with Crippen LogP contribution >= 0.6 is 0 Å². The molecule has 21 heavy (non-hydrogen) atoms. The highest BCUT2D eigenvalue weighted by Gasteiger charge is 2.13. The third-order valence-electron chi connectivity index (χ3n) is 3.45. The number of carbonyl (C=O) groups is 1. The van der Waals surface area contributed by atoms with Crippen LogP contribution < -0.4 is 5.73 Å². The zero-order valence-electron chi connectivity index (χ0n) is 11.0. The Morgan fingerprint density at radius 1 is 1.14 bits per heavy atom. The second kappa shape index (κ2) is 4.17. The quantitative estimate of drug-likeness (QED) is 0.539. The van der Waals surface area contributed by atoms with Crippen molar-refractivity contribution in [2.75, 3.05) is 5.73 Å². The first-order valence-corrected chi connectivity index (χ1v) is 6.42. The fourth-order valence-corrected chi connectivity index (χ4v) is 2.39. The number of rotatable bonds is 1. The number of imidazole rings is 1. The van der Waals surface area contributed by atoms with Crippen molar-refractivity contribution in [2.24, 2.45) is 0 Å². The maximum atomic E-state index is 12.6. The summed E-state index contributed by atoms with van der Waals surface area (Å²) in [6.45, 7) is 0. The van der Waals surface area contributed by atoms with Gasteiger partial charge in [0.15, 0.2) is 0 Å². The first-order valence-electron chi connectivity index (χ1n) is 6.42.